The molecule has 1 saturated heterocycles. The van der Waals surface area contributed by atoms with Crippen LogP contribution in [0.15, 0.2) is 42.6 Å². The lowest BCUT2D eigenvalue weighted by molar-refractivity contribution is -0.112. The van der Waals surface area contributed by atoms with E-state index in [9.17, 15) is 9.59 Å². The van der Waals surface area contributed by atoms with Gasteiger partial charge in [-0.3, -0.25) is 9.59 Å². The van der Waals surface area contributed by atoms with Gasteiger partial charge < -0.3 is 14.8 Å². The number of benzene rings is 1. The molecule has 1 aromatic heterocycles. The molecule has 0 aliphatic carbocycles. The van der Waals surface area contributed by atoms with Gasteiger partial charge in [0.1, 0.15) is 0 Å². The quantitative estimate of drug-likeness (QED) is 0.898. The van der Waals surface area contributed by atoms with Crippen molar-refractivity contribution in [1.82, 2.24) is 10.3 Å². The summed E-state index contributed by atoms with van der Waals surface area (Å²) in [6.45, 7) is 0. The zero-order valence-corrected chi connectivity index (χ0v) is 13.8. The lowest BCUT2D eigenvalue weighted by Gasteiger charge is -2.11. The Bertz CT molecular complexity index is 749. The Balaban J connectivity index is 1.66. The van der Waals surface area contributed by atoms with Gasteiger partial charge in [-0.25, -0.2) is 4.98 Å². The van der Waals surface area contributed by atoms with Gasteiger partial charge in [-0.2, -0.15) is 0 Å². The van der Waals surface area contributed by atoms with Crippen LogP contribution in [-0.2, 0) is 4.79 Å². The fraction of sp³-hybridized carbons (Fsp3) is 0.235. The highest BCUT2D eigenvalue weighted by Gasteiger charge is 2.27. The largest absolute Gasteiger partial charge is 0.493 e. The Morgan fingerprint density at radius 1 is 1.25 bits per heavy atom. The number of carbonyl (C=O) groups is 2. The molecule has 6 nitrogen and oxygen atoms in total. The molecule has 0 radical (unpaired) electrons. The van der Waals surface area contributed by atoms with Gasteiger partial charge in [-0.05, 0) is 24.6 Å². The molecule has 1 aromatic carbocycles. The van der Waals surface area contributed by atoms with Gasteiger partial charge in [0, 0.05) is 18.0 Å². The normalized spacial score (nSPS) is 16.7. The maximum absolute atomic E-state index is 12.1. The number of methoxy groups -OCH3 is 1. The summed E-state index contributed by atoms with van der Waals surface area (Å²) in [4.78, 5) is 27.8. The van der Waals surface area contributed by atoms with Gasteiger partial charge in [0.15, 0.2) is 11.5 Å². The van der Waals surface area contributed by atoms with Crippen LogP contribution in [0.5, 0.6) is 17.4 Å². The zero-order valence-electron chi connectivity index (χ0n) is 13.0. The molecule has 0 saturated carbocycles. The van der Waals surface area contributed by atoms with Crippen LogP contribution >= 0.6 is 11.8 Å². The van der Waals surface area contributed by atoms with Crippen LogP contribution in [0.25, 0.3) is 0 Å². The average molecular weight is 344 g/mol. The molecule has 1 aliphatic heterocycles. The molecular formula is C17H16N2O4S. The fourth-order valence-corrected chi connectivity index (χ4v) is 3.19. The number of ether oxygens (including phenoxy) is 2. The molecule has 0 bridgehead atoms. The number of thioether (sulfide) groups is 1. The van der Waals surface area contributed by atoms with E-state index in [1.807, 2.05) is 12.1 Å². The third-order valence-corrected chi connectivity index (χ3v) is 4.53. The van der Waals surface area contributed by atoms with Crippen molar-refractivity contribution in [3.63, 3.8) is 0 Å². The Hall–Kier alpha value is -2.54. The first-order chi connectivity index (χ1) is 11.7. The first kappa shape index (κ1) is 16.3. The summed E-state index contributed by atoms with van der Waals surface area (Å²) in [7, 11) is 1.56. The highest BCUT2D eigenvalue weighted by Crippen LogP contribution is 2.29. The molecule has 1 atom stereocenters. The number of nitrogens with one attached hydrogen (secondary N) is 1. The maximum Gasteiger partial charge on any atom is 0.253 e. The highest BCUT2D eigenvalue weighted by atomic mass is 32.2. The predicted molar refractivity (Wildman–Crippen MR) is 90.6 cm³/mol. The SMILES string of the molecule is COc1ccccc1Oc1ccc(C(=O)NC2CCSC2=O)cn1. The van der Waals surface area contributed by atoms with Crippen LogP contribution in [0.2, 0.25) is 0 Å². The van der Waals surface area contributed by atoms with E-state index in [0.29, 0.717) is 29.4 Å². The molecule has 2 aromatic rings. The summed E-state index contributed by atoms with van der Waals surface area (Å²) in [6.07, 6.45) is 2.09. The summed E-state index contributed by atoms with van der Waals surface area (Å²) >= 11 is 1.25. The molecule has 1 unspecified atom stereocenters. The second-order valence-corrected chi connectivity index (χ2v) is 6.22. The Morgan fingerprint density at radius 2 is 2.04 bits per heavy atom. The molecule has 2 heterocycles. The molecule has 1 N–H and O–H groups in total. The fourth-order valence-electron chi connectivity index (χ4n) is 2.26. The summed E-state index contributed by atoms with van der Waals surface area (Å²) in [6, 6.07) is 10.0. The third-order valence-electron chi connectivity index (χ3n) is 3.52. The van der Waals surface area contributed by atoms with Gasteiger partial charge in [-0.1, -0.05) is 23.9 Å². The van der Waals surface area contributed by atoms with Crippen LogP contribution in [0.3, 0.4) is 0 Å². The first-order valence-electron chi connectivity index (χ1n) is 7.42. The van der Waals surface area contributed by atoms with E-state index in [0.717, 1.165) is 5.75 Å². The van der Waals surface area contributed by atoms with Crippen LogP contribution in [0.1, 0.15) is 16.8 Å². The number of hydrogen-bond donors (Lipinski definition) is 1. The number of aromatic nitrogens is 1. The number of pyridine rings is 1. The van der Waals surface area contributed by atoms with Crippen molar-refractivity contribution in [2.75, 3.05) is 12.9 Å². The molecule has 3 rings (SSSR count). The van der Waals surface area contributed by atoms with Crippen LogP contribution in [0.4, 0.5) is 0 Å². The number of para-hydroxylation sites is 2. The highest BCUT2D eigenvalue weighted by molar-refractivity contribution is 8.14. The minimum Gasteiger partial charge on any atom is -0.493 e. The van der Waals surface area contributed by atoms with Crippen molar-refractivity contribution in [3.8, 4) is 17.4 Å². The standard InChI is InChI=1S/C17H16N2O4S/c1-22-13-4-2-3-5-14(13)23-15-7-6-11(10-18-15)16(20)19-12-8-9-24-17(12)21/h2-7,10,12H,8-9H2,1H3,(H,19,20). The molecule has 124 valence electrons. The van der Waals surface area contributed by atoms with Gasteiger partial charge in [0.2, 0.25) is 11.0 Å². The van der Waals surface area contributed by atoms with Gasteiger partial charge in [0.05, 0.1) is 18.7 Å². The van der Waals surface area contributed by atoms with Crippen molar-refractivity contribution in [2.45, 2.75) is 12.5 Å². The van der Waals surface area contributed by atoms with Crippen molar-refractivity contribution < 1.29 is 19.1 Å². The molecule has 1 amide bonds. The van der Waals surface area contributed by atoms with Crippen LogP contribution < -0.4 is 14.8 Å². The number of carbonyl (C=O) groups excluding carboxylic acids is 2. The monoisotopic (exact) mass is 344 g/mol. The molecule has 1 aliphatic rings. The van der Waals surface area contributed by atoms with E-state index >= 15 is 0 Å². The van der Waals surface area contributed by atoms with Crippen molar-refractivity contribution in [3.05, 3.63) is 48.2 Å². The molecule has 7 heteroatoms. The average Bonchev–Trinajstić information content (AvgIpc) is 3.01. The van der Waals surface area contributed by atoms with E-state index in [1.54, 1.807) is 31.4 Å². The Labute approximate surface area is 143 Å². The number of amides is 1. The minimum absolute atomic E-state index is 0.00688. The van der Waals surface area contributed by atoms with Crippen molar-refractivity contribution >= 4 is 22.8 Å². The zero-order chi connectivity index (χ0) is 16.9. The number of rotatable bonds is 5. The summed E-state index contributed by atoms with van der Waals surface area (Å²) in [5.41, 5.74) is 0.382. The number of hydrogen-bond acceptors (Lipinski definition) is 6. The molecular weight excluding hydrogens is 328 g/mol. The first-order valence-corrected chi connectivity index (χ1v) is 8.40. The van der Waals surface area contributed by atoms with E-state index in [2.05, 4.69) is 10.3 Å². The summed E-state index contributed by atoms with van der Waals surface area (Å²) in [5, 5.41) is 2.73. The minimum atomic E-state index is -0.410. The van der Waals surface area contributed by atoms with Gasteiger partial charge >= 0.3 is 0 Å². The summed E-state index contributed by atoms with van der Waals surface area (Å²) in [5.74, 6) is 1.92. The van der Waals surface area contributed by atoms with Crippen LogP contribution in [-0.4, -0.2) is 34.9 Å². The topological polar surface area (TPSA) is 77.5 Å². The Kier molecular flexibility index (Phi) is 5.00. The second kappa shape index (κ2) is 7.35. The van der Waals surface area contributed by atoms with Crippen molar-refractivity contribution in [2.24, 2.45) is 0 Å². The summed E-state index contributed by atoms with van der Waals surface area (Å²) < 4.78 is 10.9. The third kappa shape index (κ3) is 3.68. The molecule has 1 fully saturated rings. The van der Waals surface area contributed by atoms with E-state index in [1.165, 1.54) is 18.0 Å². The lowest BCUT2D eigenvalue weighted by atomic mass is 10.2. The maximum atomic E-state index is 12.1. The Morgan fingerprint density at radius 3 is 2.67 bits per heavy atom. The van der Waals surface area contributed by atoms with E-state index in [-0.39, 0.29) is 11.0 Å². The molecule has 24 heavy (non-hydrogen) atoms. The van der Waals surface area contributed by atoms with Gasteiger partial charge in [0.25, 0.3) is 5.91 Å². The molecule has 0 spiro atoms. The van der Waals surface area contributed by atoms with E-state index in [4.69, 9.17) is 9.47 Å². The van der Waals surface area contributed by atoms with Crippen molar-refractivity contribution in [1.29, 1.82) is 0 Å². The predicted octanol–water partition coefficient (Wildman–Crippen LogP) is 2.64. The lowest BCUT2D eigenvalue weighted by Crippen LogP contribution is -2.37. The van der Waals surface area contributed by atoms with Crippen LogP contribution in [0, 0.1) is 0 Å². The van der Waals surface area contributed by atoms with E-state index < -0.39 is 6.04 Å². The second-order valence-electron chi connectivity index (χ2n) is 5.12. The number of nitrogens with zero attached hydrogens (tertiary/aromatic N) is 1. The van der Waals surface area contributed by atoms with Gasteiger partial charge in [-0.15, -0.1) is 0 Å². The smallest absolute Gasteiger partial charge is 0.253 e.